The number of rotatable bonds is 0. The van der Waals surface area contributed by atoms with Gasteiger partial charge in [-0.15, -0.1) is 0 Å². The number of ketones is 1. The molecule has 0 saturated heterocycles. The number of amides is 1. The summed E-state index contributed by atoms with van der Waals surface area (Å²) in [4.78, 5) is 24.4. The van der Waals surface area contributed by atoms with E-state index >= 15 is 0 Å². The molecule has 0 bridgehead atoms. The van der Waals surface area contributed by atoms with Crippen LogP contribution < -0.4 is 5.32 Å². The van der Waals surface area contributed by atoms with Gasteiger partial charge in [0.1, 0.15) is 5.69 Å². The summed E-state index contributed by atoms with van der Waals surface area (Å²) < 4.78 is 0.691. The maximum absolute atomic E-state index is 10.9. The summed E-state index contributed by atoms with van der Waals surface area (Å²) in [5, 5.41) is 2.42. The molecule has 1 aromatic heterocycles. The van der Waals surface area contributed by atoms with Crippen LogP contribution in [0.3, 0.4) is 0 Å². The van der Waals surface area contributed by atoms with Gasteiger partial charge in [-0.3, -0.25) is 9.59 Å². The zero-order valence-electron chi connectivity index (χ0n) is 5.27. The largest absolute Gasteiger partial charge is 0.345 e. The minimum atomic E-state index is -0.571. The number of fused-ring (bicyclic) bond motifs is 1. The molecule has 0 radical (unpaired) electrons. The van der Waals surface area contributed by atoms with Gasteiger partial charge in [0.05, 0.1) is 10.3 Å². The molecule has 56 valence electrons. The van der Waals surface area contributed by atoms with Crippen molar-refractivity contribution in [2.45, 2.75) is 0 Å². The Bertz CT molecular complexity index is 355. The second-order valence-corrected chi connectivity index (χ2v) is 3.04. The fraction of sp³-hybridized carbons (Fsp3) is 0. The Hall–Kier alpha value is -1.10. The van der Waals surface area contributed by atoms with Crippen molar-refractivity contribution in [1.29, 1.82) is 0 Å². The first kappa shape index (κ1) is 6.60. The topological polar surface area (TPSA) is 62.0 Å². The van der Waals surface area contributed by atoms with Crippen LogP contribution in [-0.4, -0.2) is 16.7 Å². The zero-order valence-corrected chi connectivity index (χ0v) is 6.86. The number of carbonyl (C=O) groups excluding carboxylic acids is 2. The van der Waals surface area contributed by atoms with Crippen LogP contribution in [0.5, 0.6) is 0 Å². The van der Waals surface area contributed by atoms with Crippen molar-refractivity contribution in [1.82, 2.24) is 4.98 Å². The number of hydrogen-bond donors (Lipinski definition) is 2. The standard InChI is InChI=1S/C6H3BrN2O2/c7-3-1-2-4(9-3)5(10)6(11)8-2/h1,9H,(H,8,10,11). The molecule has 2 N–H and O–H groups in total. The van der Waals surface area contributed by atoms with Crippen LogP contribution in [0.2, 0.25) is 0 Å². The monoisotopic (exact) mass is 214 g/mol. The molecule has 0 aromatic carbocycles. The quantitative estimate of drug-likeness (QED) is 0.632. The van der Waals surface area contributed by atoms with E-state index in [1.165, 1.54) is 0 Å². The van der Waals surface area contributed by atoms with E-state index in [0.29, 0.717) is 16.0 Å². The number of carbonyl (C=O) groups is 2. The van der Waals surface area contributed by atoms with E-state index in [9.17, 15) is 9.59 Å². The molecule has 1 aliphatic rings. The highest BCUT2D eigenvalue weighted by atomic mass is 79.9. The molecule has 2 rings (SSSR count). The number of hydrogen-bond acceptors (Lipinski definition) is 2. The van der Waals surface area contributed by atoms with Gasteiger partial charge in [0, 0.05) is 0 Å². The van der Waals surface area contributed by atoms with Crippen LogP contribution >= 0.6 is 15.9 Å². The lowest BCUT2D eigenvalue weighted by atomic mass is 10.3. The number of aromatic nitrogens is 1. The third-order valence-electron chi connectivity index (χ3n) is 1.47. The third kappa shape index (κ3) is 0.808. The van der Waals surface area contributed by atoms with E-state index in [0.717, 1.165) is 0 Å². The second-order valence-electron chi connectivity index (χ2n) is 2.19. The lowest BCUT2D eigenvalue weighted by Gasteiger charge is -1.85. The molecule has 0 fully saturated rings. The number of aromatic amines is 1. The van der Waals surface area contributed by atoms with Crippen LogP contribution in [0.4, 0.5) is 5.69 Å². The Kier molecular flexibility index (Phi) is 1.17. The van der Waals surface area contributed by atoms with E-state index in [1.807, 2.05) is 0 Å². The molecule has 1 aromatic rings. The van der Waals surface area contributed by atoms with E-state index in [2.05, 4.69) is 26.2 Å². The fourth-order valence-electron chi connectivity index (χ4n) is 0.992. The maximum Gasteiger partial charge on any atom is 0.298 e. The van der Waals surface area contributed by atoms with Crippen molar-refractivity contribution < 1.29 is 9.59 Å². The molecule has 11 heavy (non-hydrogen) atoms. The molecule has 0 atom stereocenters. The average molecular weight is 215 g/mol. The molecule has 0 saturated carbocycles. The van der Waals surface area contributed by atoms with E-state index < -0.39 is 11.7 Å². The molecule has 5 heteroatoms. The van der Waals surface area contributed by atoms with Crippen LogP contribution in [0, 0.1) is 0 Å². The van der Waals surface area contributed by atoms with E-state index in [-0.39, 0.29) is 0 Å². The van der Waals surface area contributed by atoms with Gasteiger partial charge in [0.2, 0.25) is 0 Å². The molecule has 2 heterocycles. The molecule has 1 aliphatic heterocycles. The highest BCUT2D eigenvalue weighted by molar-refractivity contribution is 9.10. The number of anilines is 1. The van der Waals surface area contributed by atoms with Crippen LogP contribution in [0.25, 0.3) is 0 Å². The zero-order chi connectivity index (χ0) is 8.01. The first-order valence-corrected chi connectivity index (χ1v) is 3.72. The highest BCUT2D eigenvalue weighted by Crippen LogP contribution is 2.25. The van der Waals surface area contributed by atoms with E-state index in [4.69, 9.17) is 0 Å². The number of halogens is 1. The van der Waals surface area contributed by atoms with Gasteiger partial charge in [-0.05, 0) is 22.0 Å². The molecule has 1 amide bonds. The van der Waals surface area contributed by atoms with Crippen molar-refractivity contribution in [3.63, 3.8) is 0 Å². The summed E-state index contributed by atoms with van der Waals surface area (Å²) in [7, 11) is 0. The normalized spacial score (nSPS) is 15.0. The minimum Gasteiger partial charge on any atom is -0.345 e. The summed E-state index contributed by atoms with van der Waals surface area (Å²) in [6.45, 7) is 0. The second kappa shape index (κ2) is 1.94. The molecule has 0 aliphatic carbocycles. The Morgan fingerprint density at radius 2 is 2.09 bits per heavy atom. The number of H-pyrrole nitrogens is 1. The summed E-state index contributed by atoms with van der Waals surface area (Å²) in [5.74, 6) is -1.08. The smallest absolute Gasteiger partial charge is 0.298 e. The van der Waals surface area contributed by atoms with Gasteiger partial charge in [0.15, 0.2) is 0 Å². The van der Waals surface area contributed by atoms with Crippen molar-refractivity contribution in [3.8, 4) is 0 Å². The molecule has 0 unspecified atom stereocenters. The Balaban J connectivity index is 2.60. The predicted octanol–water partition coefficient (Wildman–Crippen LogP) is 0.912. The first-order chi connectivity index (χ1) is 5.18. The van der Waals surface area contributed by atoms with Crippen LogP contribution in [0.1, 0.15) is 10.5 Å². The molecular weight excluding hydrogens is 212 g/mol. The van der Waals surface area contributed by atoms with Crippen molar-refractivity contribution in [2.75, 3.05) is 5.32 Å². The summed E-state index contributed by atoms with van der Waals surface area (Å²) in [6.07, 6.45) is 0. The Morgan fingerprint density at radius 3 is 2.73 bits per heavy atom. The first-order valence-electron chi connectivity index (χ1n) is 2.92. The average Bonchev–Trinajstić information content (AvgIpc) is 2.37. The fourth-order valence-corrected chi connectivity index (χ4v) is 1.42. The van der Waals surface area contributed by atoms with Gasteiger partial charge >= 0.3 is 0 Å². The molecule has 4 nitrogen and oxygen atoms in total. The molecular formula is C6H3BrN2O2. The van der Waals surface area contributed by atoms with Crippen LogP contribution in [-0.2, 0) is 4.79 Å². The van der Waals surface area contributed by atoms with Crippen LogP contribution in [0.15, 0.2) is 10.7 Å². The van der Waals surface area contributed by atoms with Crippen molar-refractivity contribution in [2.24, 2.45) is 0 Å². The van der Waals surface area contributed by atoms with Crippen molar-refractivity contribution in [3.05, 3.63) is 16.4 Å². The summed E-state index contributed by atoms with van der Waals surface area (Å²) in [6, 6.07) is 1.65. The van der Waals surface area contributed by atoms with Gasteiger partial charge in [-0.2, -0.15) is 0 Å². The lowest BCUT2D eigenvalue weighted by molar-refractivity contribution is -0.112. The van der Waals surface area contributed by atoms with E-state index in [1.54, 1.807) is 6.07 Å². The summed E-state index contributed by atoms with van der Waals surface area (Å²) in [5.41, 5.74) is 0.883. The molecule has 0 spiro atoms. The minimum absolute atomic E-state index is 0.335. The van der Waals surface area contributed by atoms with Gasteiger partial charge < -0.3 is 10.3 Å². The Labute approximate surface area is 70.1 Å². The van der Waals surface area contributed by atoms with Gasteiger partial charge in [-0.25, -0.2) is 0 Å². The van der Waals surface area contributed by atoms with Crippen molar-refractivity contribution >= 4 is 33.3 Å². The number of Topliss-reactive ketones (excluding diaryl/α,β-unsaturated/α-hetero) is 1. The third-order valence-corrected chi connectivity index (χ3v) is 1.89. The summed E-state index contributed by atoms with van der Waals surface area (Å²) >= 11 is 3.15. The predicted molar refractivity (Wildman–Crippen MR) is 41.5 cm³/mol. The lowest BCUT2D eigenvalue weighted by Crippen LogP contribution is -2.13. The Morgan fingerprint density at radius 1 is 1.36 bits per heavy atom. The highest BCUT2D eigenvalue weighted by Gasteiger charge is 2.29. The van der Waals surface area contributed by atoms with Gasteiger partial charge in [0.25, 0.3) is 11.7 Å². The number of nitrogens with one attached hydrogen (secondary N) is 2. The maximum atomic E-state index is 10.9. The SMILES string of the molecule is O=C1Nc2cc(Br)[nH]c2C1=O. The van der Waals surface area contributed by atoms with Gasteiger partial charge in [-0.1, -0.05) is 0 Å².